The predicted molar refractivity (Wildman–Crippen MR) is 93.0 cm³/mol. The summed E-state index contributed by atoms with van der Waals surface area (Å²) in [6.07, 6.45) is 3.25. The molecule has 0 N–H and O–H groups in total. The van der Waals surface area contributed by atoms with Gasteiger partial charge in [-0.1, -0.05) is 17.3 Å². The lowest BCUT2D eigenvalue weighted by Gasteiger charge is -2.22. The topological polar surface area (TPSA) is 94.2 Å². The number of carbonyl (C=O) groups excluding carboxylic acids is 1. The van der Waals surface area contributed by atoms with E-state index in [1.807, 2.05) is 20.0 Å². The Bertz CT molecular complexity index is 864. The van der Waals surface area contributed by atoms with E-state index in [0.29, 0.717) is 23.8 Å². The van der Waals surface area contributed by atoms with Crippen molar-refractivity contribution in [2.45, 2.75) is 19.5 Å². The number of carbonyl (C=O) groups is 1. The Morgan fingerprint density at radius 2 is 2.04 bits per heavy atom. The summed E-state index contributed by atoms with van der Waals surface area (Å²) in [5.41, 5.74) is 2.15. The highest BCUT2D eigenvalue weighted by Crippen LogP contribution is 2.20. The van der Waals surface area contributed by atoms with Crippen molar-refractivity contribution in [2.24, 2.45) is 0 Å². The third kappa shape index (κ3) is 3.92. The minimum absolute atomic E-state index is 0.0766. The number of hydrogen-bond acceptors (Lipinski definition) is 8. The number of hydrogen-bond donors (Lipinski definition) is 0. The second kappa shape index (κ2) is 7.83. The first-order valence-corrected chi connectivity index (χ1v) is 8.06. The van der Waals surface area contributed by atoms with E-state index in [2.05, 4.69) is 29.7 Å². The molecule has 0 aliphatic rings. The summed E-state index contributed by atoms with van der Waals surface area (Å²) in [5, 5.41) is 4.01. The van der Waals surface area contributed by atoms with Gasteiger partial charge < -0.3 is 9.26 Å². The molecule has 0 amide bonds. The molecule has 2 aromatic heterocycles. The number of methoxy groups -OCH3 is 1. The molecule has 134 valence electrons. The molecule has 8 nitrogen and oxygen atoms in total. The van der Waals surface area contributed by atoms with Crippen molar-refractivity contribution < 1.29 is 14.1 Å². The van der Waals surface area contributed by atoms with Gasteiger partial charge in [-0.2, -0.15) is 4.98 Å². The standard InChI is InChI=1S/C18H19N5O3/c1-12(15-8-9-19-11-20-15)23(2)10-16-21-17(22-26-16)13-4-6-14(7-5-13)18(24)25-3/h4-9,11-12H,10H2,1-3H3/t12-/m1/s1. The Morgan fingerprint density at radius 1 is 1.27 bits per heavy atom. The van der Waals surface area contributed by atoms with E-state index in [1.54, 1.807) is 30.5 Å². The van der Waals surface area contributed by atoms with E-state index >= 15 is 0 Å². The number of benzene rings is 1. The Balaban J connectivity index is 1.69. The van der Waals surface area contributed by atoms with E-state index in [0.717, 1.165) is 11.3 Å². The largest absolute Gasteiger partial charge is 0.465 e. The number of ether oxygens (including phenoxy) is 1. The van der Waals surface area contributed by atoms with Crippen molar-refractivity contribution in [2.75, 3.05) is 14.2 Å². The van der Waals surface area contributed by atoms with Gasteiger partial charge in [0.05, 0.1) is 24.9 Å². The Hall–Kier alpha value is -3.13. The summed E-state index contributed by atoms with van der Waals surface area (Å²) in [7, 11) is 3.31. The highest BCUT2D eigenvalue weighted by Gasteiger charge is 2.17. The van der Waals surface area contributed by atoms with E-state index in [9.17, 15) is 4.79 Å². The van der Waals surface area contributed by atoms with Crippen molar-refractivity contribution in [1.82, 2.24) is 25.0 Å². The van der Waals surface area contributed by atoms with Gasteiger partial charge in [0.25, 0.3) is 0 Å². The molecule has 0 saturated heterocycles. The third-order valence-electron chi connectivity index (χ3n) is 4.11. The molecule has 0 spiro atoms. The molecule has 0 bridgehead atoms. The Kier molecular flexibility index (Phi) is 5.33. The maximum absolute atomic E-state index is 11.5. The lowest BCUT2D eigenvalue weighted by Crippen LogP contribution is -2.22. The fraction of sp³-hybridized carbons (Fsp3) is 0.278. The van der Waals surface area contributed by atoms with Crippen LogP contribution in [-0.4, -0.2) is 45.1 Å². The number of esters is 1. The normalized spacial score (nSPS) is 12.2. The molecule has 0 radical (unpaired) electrons. The summed E-state index contributed by atoms with van der Waals surface area (Å²) in [6.45, 7) is 2.53. The van der Waals surface area contributed by atoms with E-state index in [4.69, 9.17) is 4.52 Å². The van der Waals surface area contributed by atoms with Crippen LogP contribution in [0.3, 0.4) is 0 Å². The molecule has 3 aromatic rings. The van der Waals surface area contributed by atoms with E-state index < -0.39 is 0 Å². The van der Waals surface area contributed by atoms with Crippen molar-refractivity contribution >= 4 is 5.97 Å². The molecule has 0 unspecified atom stereocenters. The summed E-state index contributed by atoms with van der Waals surface area (Å²) in [6, 6.07) is 8.81. The molecule has 0 fully saturated rings. The van der Waals surface area contributed by atoms with Crippen LogP contribution in [0.2, 0.25) is 0 Å². The van der Waals surface area contributed by atoms with Gasteiger partial charge in [0, 0.05) is 17.8 Å². The summed E-state index contributed by atoms with van der Waals surface area (Å²) >= 11 is 0. The molecule has 1 atom stereocenters. The maximum atomic E-state index is 11.5. The summed E-state index contributed by atoms with van der Waals surface area (Å²) < 4.78 is 10.0. The molecule has 0 saturated carbocycles. The zero-order chi connectivity index (χ0) is 18.5. The first kappa shape index (κ1) is 17.7. The molecule has 8 heteroatoms. The summed E-state index contributed by atoms with van der Waals surface area (Å²) in [5.74, 6) is 0.589. The van der Waals surface area contributed by atoms with Gasteiger partial charge in [-0.25, -0.2) is 14.8 Å². The average Bonchev–Trinajstić information content (AvgIpc) is 3.16. The Morgan fingerprint density at radius 3 is 2.69 bits per heavy atom. The number of rotatable bonds is 6. The second-order valence-electron chi connectivity index (χ2n) is 5.81. The minimum atomic E-state index is -0.384. The number of nitrogens with zero attached hydrogens (tertiary/aromatic N) is 5. The molecular weight excluding hydrogens is 334 g/mol. The van der Waals surface area contributed by atoms with Crippen LogP contribution in [-0.2, 0) is 11.3 Å². The number of aromatic nitrogens is 4. The lowest BCUT2D eigenvalue weighted by molar-refractivity contribution is 0.0601. The van der Waals surface area contributed by atoms with Crippen molar-refractivity contribution in [3.05, 3.63) is 60.0 Å². The van der Waals surface area contributed by atoms with Crippen LogP contribution >= 0.6 is 0 Å². The molecular formula is C18H19N5O3. The molecule has 1 aromatic carbocycles. The highest BCUT2D eigenvalue weighted by atomic mass is 16.5. The van der Waals surface area contributed by atoms with Crippen LogP contribution in [0.4, 0.5) is 0 Å². The third-order valence-corrected chi connectivity index (χ3v) is 4.11. The summed E-state index contributed by atoms with van der Waals surface area (Å²) in [4.78, 5) is 26.2. The molecule has 0 aliphatic carbocycles. The quantitative estimate of drug-likeness (QED) is 0.624. The zero-order valence-corrected chi connectivity index (χ0v) is 14.8. The van der Waals surface area contributed by atoms with E-state index in [1.165, 1.54) is 13.4 Å². The van der Waals surface area contributed by atoms with Gasteiger partial charge in [-0.15, -0.1) is 0 Å². The smallest absolute Gasteiger partial charge is 0.337 e. The second-order valence-corrected chi connectivity index (χ2v) is 5.81. The van der Waals surface area contributed by atoms with Crippen LogP contribution in [0.5, 0.6) is 0 Å². The van der Waals surface area contributed by atoms with Crippen LogP contribution in [0, 0.1) is 0 Å². The Labute approximate surface area is 150 Å². The highest BCUT2D eigenvalue weighted by molar-refractivity contribution is 5.89. The molecule has 3 rings (SSSR count). The van der Waals surface area contributed by atoms with Gasteiger partial charge in [-0.3, -0.25) is 4.90 Å². The fourth-order valence-corrected chi connectivity index (χ4v) is 2.43. The van der Waals surface area contributed by atoms with Crippen molar-refractivity contribution in [3.63, 3.8) is 0 Å². The van der Waals surface area contributed by atoms with Crippen LogP contribution in [0.15, 0.2) is 47.4 Å². The van der Waals surface area contributed by atoms with Gasteiger partial charge in [-0.05, 0) is 32.2 Å². The van der Waals surface area contributed by atoms with Gasteiger partial charge in [0.2, 0.25) is 11.7 Å². The monoisotopic (exact) mass is 353 g/mol. The SMILES string of the molecule is COC(=O)c1ccc(-c2noc(CN(C)[C@H](C)c3ccncn3)n2)cc1. The van der Waals surface area contributed by atoms with Crippen LogP contribution < -0.4 is 0 Å². The van der Waals surface area contributed by atoms with Gasteiger partial charge in [0.1, 0.15) is 6.33 Å². The van der Waals surface area contributed by atoms with Crippen molar-refractivity contribution in [3.8, 4) is 11.4 Å². The zero-order valence-electron chi connectivity index (χ0n) is 14.8. The molecule has 26 heavy (non-hydrogen) atoms. The first-order chi connectivity index (χ1) is 12.6. The predicted octanol–water partition coefficient (Wildman–Crippen LogP) is 2.51. The first-order valence-electron chi connectivity index (χ1n) is 8.06. The fourth-order valence-electron chi connectivity index (χ4n) is 2.43. The van der Waals surface area contributed by atoms with Crippen LogP contribution in [0.25, 0.3) is 11.4 Å². The van der Waals surface area contributed by atoms with Gasteiger partial charge >= 0.3 is 5.97 Å². The lowest BCUT2D eigenvalue weighted by atomic mass is 10.1. The van der Waals surface area contributed by atoms with Crippen molar-refractivity contribution in [1.29, 1.82) is 0 Å². The molecule has 0 aliphatic heterocycles. The van der Waals surface area contributed by atoms with Crippen LogP contribution in [0.1, 0.15) is 34.9 Å². The minimum Gasteiger partial charge on any atom is -0.465 e. The van der Waals surface area contributed by atoms with Gasteiger partial charge in [0.15, 0.2) is 0 Å². The average molecular weight is 353 g/mol. The maximum Gasteiger partial charge on any atom is 0.337 e. The molecule has 2 heterocycles. The van der Waals surface area contributed by atoms with E-state index in [-0.39, 0.29) is 12.0 Å².